The number of para-hydroxylation sites is 1. The Morgan fingerprint density at radius 2 is 1.71 bits per heavy atom. The molecule has 1 aromatic carbocycles. The third-order valence-corrected chi connectivity index (χ3v) is 4.51. The van der Waals surface area contributed by atoms with Crippen molar-refractivity contribution in [3.8, 4) is 0 Å². The van der Waals surface area contributed by atoms with E-state index in [4.69, 9.17) is 0 Å². The molecule has 0 radical (unpaired) electrons. The first kappa shape index (κ1) is 16.1. The number of alkyl halides is 3. The van der Waals surface area contributed by atoms with Crippen LogP contribution in [0.3, 0.4) is 0 Å². The normalized spacial score (nSPS) is 17.7. The lowest BCUT2D eigenvalue weighted by Crippen LogP contribution is -2.32. The summed E-state index contributed by atoms with van der Waals surface area (Å²) in [6, 6.07) is 6.18. The number of nitrogens with zero attached hydrogens (tertiary/aromatic N) is 1. The zero-order chi connectivity index (χ0) is 15.5. The SMILES string of the molecule is O=S(=O)(Nc1ccccc1CN1CCCCC1)C(F)(F)F. The lowest BCUT2D eigenvalue weighted by molar-refractivity contribution is -0.0429. The van der Waals surface area contributed by atoms with Crippen molar-refractivity contribution in [2.45, 2.75) is 31.3 Å². The van der Waals surface area contributed by atoms with Crippen LogP contribution in [-0.2, 0) is 16.6 Å². The standard InChI is InChI=1S/C13H17F3N2O2S/c14-13(15,16)21(19,20)17-12-7-3-2-6-11(12)10-18-8-4-1-5-9-18/h2-3,6-7,17H,1,4-5,8-10H2. The molecule has 8 heteroatoms. The first-order valence-electron chi connectivity index (χ1n) is 6.69. The van der Waals surface area contributed by atoms with Gasteiger partial charge in [0.2, 0.25) is 0 Å². The predicted molar refractivity (Wildman–Crippen MR) is 74.2 cm³/mol. The van der Waals surface area contributed by atoms with Crippen molar-refractivity contribution in [2.75, 3.05) is 17.8 Å². The van der Waals surface area contributed by atoms with Crippen molar-refractivity contribution >= 4 is 15.7 Å². The molecule has 0 aromatic heterocycles. The second-order valence-corrected chi connectivity index (χ2v) is 6.72. The lowest BCUT2D eigenvalue weighted by atomic mass is 10.1. The van der Waals surface area contributed by atoms with E-state index in [1.54, 1.807) is 16.9 Å². The Morgan fingerprint density at radius 1 is 1.10 bits per heavy atom. The van der Waals surface area contributed by atoms with Gasteiger partial charge in [0.15, 0.2) is 0 Å². The van der Waals surface area contributed by atoms with Crippen molar-refractivity contribution in [3.05, 3.63) is 29.8 Å². The topological polar surface area (TPSA) is 49.4 Å². The molecule has 0 amide bonds. The van der Waals surface area contributed by atoms with Crippen LogP contribution in [-0.4, -0.2) is 31.9 Å². The van der Waals surface area contributed by atoms with E-state index in [1.165, 1.54) is 12.1 Å². The van der Waals surface area contributed by atoms with Gasteiger partial charge in [-0.1, -0.05) is 24.6 Å². The van der Waals surface area contributed by atoms with Crippen molar-refractivity contribution in [1.29, 1.82) is 0 Å². The Balaban J connectivity index is 2.17. The van der Waals surface area contributed by atoms with E-state index in [9.17, 15) is 21.6 Å². The van der Waals surface area contributed by atoms with Gasteiger partial charge in [-0.15, -0.1) is 0 Å². The molecule has 0 aliphatic carbocycles. The van der Waals surface area contributed by atoms with Crippen molar-refractivity contribution in [2.24, 2.45) is 0 Å². The number of hydrogen-bond donors (Lipinski definition) is 1. The van der Waals surface area contributed by atoms with E-state index < -0.39 is 15.5 Å². The molecule has 1 aliphatic rings. The fourth-order valence-corrected chi connectivity index (χ4v) is 2.92. The molecule has 1 heterocycles. The molecule has 4 nitrogen and oxygen atoms in total. The second kappa shape index (κ2) is 6.23. The van der Waals surface area contributed by atoms with Crippen LogP contribution in [0.4, 0.5) is 18.9 Å². The average Bonchev–Trinajstić information content (AvgIpc) is 2.40. The molecule has 1 fully saturated rings. The zero-order valence-corrected chi connectivity index (χ0v) is 12.2. The minimum Gasteiger partial charge on any atom is -0.299 e. The third-order valence-electron chi connectivity index (χ3n) is 3.41. The summed E-state index contributed by atoms with van der Waals surface area (Å²) >= 11 is 0. The maximum Gasteiger partial charge on any atom is 0.516 e. The van der Waals surface area contributed by atoms with Gasteiger partial charge in [0.05, 0.1) is 5.69 Å². The highest BCUT2D eigenvalue weighted by Gasteiger charge is 2.46. The molecule has 0 unspecified atom stereocenters. The summed E-state index contributed by atoms with van der Waals surface area (Å²) < 4.78 is 61.4. The number of benzene rings is 1. The zero-order valence-electron chi connectivity index (χ0n) is 11.4. The van der Waals surface area contributed by atoms with Crippen LogP contribution in [0.5, 0.6) is 0 Å². The Morgan fingerprint density at radius 3 is 2.33 bits per heavy atom. The number of likely N-dealkylation sites (tertiary alicyclic amines) is 1. The maximum atomic E-state index is 12.4. The fourth-order valence-electron chi connectivity index (χ4n) is 2.32. The van der Waals surface area contributed by atoms with E-state index >= 15 is 0 Å². The van der Waals surface area contributed by atoms with Gasteiger partial charge in [0.25, 0.3) is 0 Å². The smallest absolute Gasteiger partial charge is 0.299 e. The summed E-state index contributed by atoms with van der Waals surface area (Å²) in [5.74, 6) is 0. The van der Waals surface area contributed by atoms with Crippen molar-refractivity contribution in [1.82, 2.24) is 4.90 Å². The molecule has 21 heavy (non-hydrogen) atoms. The summed E-state index contributed by atoms with van der Waals surface area (Å²) in [5, 5.41) is 0. The summed E-state index contributed by atoms with van der Waals surface area (Å²) in [7, 11) is -5.38. The molecule has 0 spiro atoms. The van der Waals surface area contributed by atoms with Crippen LogP contribution in [0.2, 0.25) is 0 Å². The molecule has 118 valence electrons. The molecule has 1 N–H and O–H groups in total. The van der Waals surface area contributed by atoms with Crippen LogP contribution in [0, 0.1) is 0 Å². The first-order valence-corrected chi connectivity index (χ1v) is 8.17. The van der Waals surface area contributed by atoms with E-state index in [2.05, 4.69) is 4.90 Å². The van der Waals surface area contributed by atoms with Crippen molar-refractivity contribution in [3.63, 3.8) is 0 Å². The van der Waals surface area contributed by atoms with Gasteiger partial charge in [0.1, 0.15) is 0 Å². The van der Waals surface area contributed by atoms with Crippen LogP contribution in [0.25, 0.3) is 0 Å². The molecule has 1 aromatic rings. The Labute approximate surface area is 122 Å². The molecular weight excluding hydrogens is 305 g/mol. The van der Waals surface area contributed by atoms with E-state index in [0.717, 1.165) is 32.4 Å². The van der Waals surface area contributed by atoms with Gasteiger partial charge >= 0.3 is 15.5 Å². The summed E-state index contributed by atoms with van der Waals surface area (Å²) in [5.41, 5.74) is -4.78. The Bertz CT molecular complexity index is 581. The number of rotatable bonds is 4. The molecular formula is C13H17F3N2O2S. The van der Waals surface area contributed by atoms with Gasteiger partial charge in [0, 0.05) is 6.54 Å². The Hall–Kier alpha value is -1.28. The third kappa shape index (κ3) is 4.10. The van der Waals surface area contributed by atoms with E-state index in [-0.39, 0.29) is 5.69 Å². The van der Waals surface area contributed by atoms with Crippen LogP contribution in [0.15, 0.2) is 24.3 Å². The highest BCUT2D eigenvalue weighted by atomic mass is 32.2. The number of anilines is 1. The van der Waals surface area contributed by atoms with E-state index in [1.807, 2.05) is 0 Å². The van der Waals surface area contributed by atoms with E-state index in [0.29, 0.717) is 12.1 Å². The number of halogens is 3. The van der Waals surface area contributed by atoms with Crippen LogP contribution < -0.4 is 4.72 Å². The summed E-state index contributed by atoms with van der Waals surface area (Å²) in [6.45, 7) is 2.19. The molecule has 1 aliphatic heterocycles. The maximum absolute atomic E-state index is 12.4. The van der Waals surface area contributed by atoms with Crippen molar-refractivity contribution < 1.29 is 21.6 Å². The number of hydrogen-bond acceptors (Lipinski definition) is 3. The highest BCUT2D eigenvalue weighted by molar-refractivity contribution is 7.93. The van der Waals surface area contributed by atoms with Gasteiger partial charge in [-0.25, -0.2) is 0 Å². The minimum atomic E-state index is -5.38. The minimum absolute atomic E-state index is 0.0135. The largest absolute Gasteiger partial charge is 0.516 e. The molecule has 0 saturated carbocycles. The molecule has 0 atom stereocenters. The summed E-state index contributed by atoms with van der Waals surface area (Å²) in [6.07, 6.45) is 3.26. The lowest BCUT2D eigenvalue weighted by Gasteiger charge is -2.27. The number of sulfonamides is 1. The monoisotopic (exact) mass is 322 g/mol. The Kier molecular flexibility index (Phi) is 4.77. The van der Waals surface area contributed by atoms with Crippen LogP contribution in [0.1, 0.15) is 24.8 Å². The molecule has 1 saturated heterocycles. The highest BCUT2D eigenvalue weighted by Crippen LogP contribution is 2.27. The van der Waals surface area contributed by atoms with Gasteiger partial charge < -0.3 is 0 Å². The predicted octanol–water partition coefficient (Wildman–Crippen LogP) is 2.93. The molecule has 0 bridgehead atoms. The second-order valence-electron chi connectivity index (χ2n) is 5.05. The fraction of sp³-hybridized carbons (Fsp3) is 0.538. The number of nitrogens with one attached hydrogen (secondary N) is 1. The van der Waals surface area contributed by atoms with Gasteiger partial charge in [-0.05, 0) is 37.6 Å². The first-order chi connectivity index (χ1) is 9.79. The van der Waals surface area contributed by atoms with Gasteiger partial charge in [-0.2, -0.15) is 21.6 Å². The van der Waals surface area contributed by atoms with Gasteiger partial charge in [-0.3, -0.25) is 9.62 Å². The molecule has 2 rings (SSSR count). The van der Waals surface area contributed by atoms with Crippen LogP contribution >= 0.6 is 0 Å². The summed E-state index contributed by atoms with van der Waals surface area (Å²) in [4.78, 5) is 2.12. The average molecular weight is 322 g/mol. The number of piperidine rings is 1. The quantitative estimate of drug-likeness (QED) is 0.927.